The largest absolute Gasteiger partial charge is 0.444 e. The van der Waals surface area contributed by atoms with Gasteiger partial charge in [0.1, 0.15) is 11.3 Å². The van der Waals surface area contributed by atoms with Crippen LogP contribution in [-0.4, -0.2) is 35.0 Å². The SMILES string of the molecule is CC(C)(C)OC(=O)N1C(C2CC2c2ccccc2)COC1(C)C. The number of amides is 1. The van der Waals surface area contributed by atoms with Gasteiger partial charge < -0.3 is 9.47 Å². The molecule has 1 saturated carbocycles. The highest BCUT2D eigenvalue weighted by molar-refractivity contribution is 5.70. The minimum absolute atomic E-state index is 0.0880. The van der Waals surface area contributed by atoms with Crippen LogP contribution in [0.3, 0.4) is 0 Å². The lowest BCUT2D eigenvalue weighted by Crippen LogP contribution is -2.50. The van der Waals surface area contributed by atoms with E-state index in [1.54, 1.807) is 0 Å². The molecule has 2 aliphatic rings. The zero-order valence-corrected chi connectivity index (χ0v) is 14.7. The summed E-state index contributed by atoms with van der Waals surface area (Å²) in [4.78, 5) is 14.5. The molecule has 1 aromatic rings. The summed E-state index contributed by atoms with van der Waals surface area (Å²) in [6.45, 7) is 10.2. The van der Waals surface area contributed by atoms with Crippen LogP contribution in [0.1, 0.15) is 52.5 Å². The van der Waals surface area contributed by atoms with Crippen molar-refractivity contribution < 1.29 is 14.3 Å². The first-order chi connectivity index (χ1) is 10.7. The highest BCUT2D eigenvalue weighted by Crippen LogP contribution is 2.53. The van der Waals surface area contributed by atoms with Gasteiger partial charge in [0.25, 0.3) is 0 Å². The van der Waals surface area contributed by atoms with Crippen LogP contribution in [0.5, 0.6) is 0 Å². The Morgan fingerprint density at radius 3 is 2.52 bits per heavy atom. The van der Waals surface area contributed by atoms with Crippen LogP contribution in [-0.2, 0) is 9.47 Å². The van der Waals surface area contributed by atoms with Crippen molar-refractivity contribution in [2.24, 2.45) is 5.92 Å². The van der Waals surface area contributed by atoms with Crippen molar-refractivity contribution >= 4 is 6.09 Å². The monoisotopic (exact) mass is 317 g/mol. The zero-order chi connectivity index (χ0) is 16.8. The maximum Gasteiger partial charge on any atom is 0.412 e. The third-order valence-corrected chi connectivity index (χ3v) is 4.67. The number of benzene rings is 1. The van der Waals surface area contributed by atoms with E-state index in [4.69, 9.17) is 9.47 Å². The molecule has 23 heavy (non-hydrogen) atoms. The van der Waals surface area contributed by atoms with Crippen molar-refractivity contribution in [2.75, 3.05) is 6.61 Å². The molecule has 0 aromatic heterocycles. The summed E-state index contributed by atoms with van der Waals surface area (Å²) in [7, 11) is 0. The van der Waals surface area contributed by atoms with Gasteiger partial charge >= 0.3 is 6.09 Å². The predicted octanol–water partition coefficient (Wildman–Crippen LogP) is 4.16. The minimum Gasteiger partial charge on any atom is -0.444 e. The molecule has 0 bridgehead atoms. The molecule has 1 heterocycles. The number of carbonyl (C=O) groups is 1. The van der Waals surface area contributed by atoms with Gasteiger partial charge in [0.2, 0.25) is 0 Å². The second-order valence-electron chi connectivity index (χ2n) is 8.09. The fourth-order valence-electron chi connectivity index (χ4n) is 3.54. The van der Waals surface area contributed by atoms with Gasteiger partial charge in [-0.25, -0.2) is 4.79 Å². The van der Waals surface area contributed by atoms with E-state index in [1.807, 2.05) is 45.6 Å². The molecular formula is C19H27NO3. The summed E-state index contributed by atoms with van der Waals surface area (Å²) in [5.41, 5.74) is 0.242. The maximum atomic E-state index is 12.7. The topological polar surface area (TPSA) is 38.8 Å². The lowest BCUT2D eigenvalue weighted by atomic mass is 10.0. The quantitative estimate of drug-likeness (QED) is 0.822. The molecule has 3 atom stereocenters. The molecule has 3 rings (SSSR count). The molecule has 126 valence electrons. The van der Waals surface area contributed by atoms with Gasteiger partial charge in [0, 0.05) is 0 Å². The van der Waals surface area contributed by atoms with Gasteiger partial charge in [0.15, 0.2) is 0 Å². The van der Waals surface area contributed by atoms with Gasteiger partial charge in [-0.1, -0.05) is 30.3 Å². The van der Waals surface area contributed by atoms with Crippen molar-refractivity contribution in [3.8, 4) is 0 Å². The number of nitrogens with zero attached hydrogens (tertiary/aromatic N) is 1. The molecule has 0 radical (unpaired) electrons. The number of rotatable bonds is 2. The Balaban J connectivity index is 1.76. The van der Waals surface area contributed by atoms with E-state index >= 15 is 0 Å². The zero-order valence-electron chi connectivity index (χ0n) is 14.7. The van der Waals surface area contributed by atoms with E-state index in [9.17, 15) is 4.79 Å². The first-order valence-electron chi connectivity index (χ1n) is 8.40. The van der Waals surface area contributed by atoms with E-state index in [0.717, 1.165) is 6.42 Å². The first kappa shape index (κ1) is 16.3. The van der Waals surface area contributed by atoms with Crippen molar-refractivity contribution in [3.05, 3.63) is 35.9 Å². The molecule has 4 heteroatoms. The molecule has 1 aliphatic heterocycles. The Morgan fingerprint density at radius 2 is 1.91 bits per heavy atom. The molecule has 1 aliphatic carbocycles. The van der Waals surface area contributed by atoms with Crippen LogP contribution in [0.2, 0.25) is 0 Å². The molecule has 0 N–H and O–H groups in total. The average Bonchev–Trinajstić information content (AvgIpc) is 3.16. The van der Waals surface area contributed by atoms with Crippen LogP contribution in [0.15, 0.2) is 30.3 Å². The molecular weight excluding hydrogens is 290 g/mol. The van der Waals surface area contributed by atoms with Gasteiger partial charge in [-0.05, 0) is 58.4 Å². The van der Waals surface area contributed by atoms with Crippen LogP contribution in [0, 0.1) is 5.92 Å². The third kappa shape index (κ3) is 3.37. The van der Waals surface area contributed by atoms with Gasteiger partial charge in [-0.3, -0.25) is 4.90 Å². The van der Waals surface area contributed by atoms with Crippen molar-refractivity contribution in [1.82, 2.24) is 4.90 Å². The summed E-state index contributed by atoms with van der Waals surface area (Å²) in [5.74, 6) is 0.968. The molecule has 1 amide bonds. The van der Waals surface area contributed by atoms with Crippen molar-refractivity contribution in [1.29, 1.82) is 0 Å². The van der Waals surface area contributed by atoms with E-state index in [0.29, 0.717) is 18.4 Å². The molecule has 4 nitrogen and oxygen atoms in total. The summed E-state index contributed by atoms with van der Waals surface area (Å²) in [6.07, 6.45) is 0.830. The lowest BCUT2D eigenvalue weighted by Gasteiger charge is -2.35. The minimum atomic E-state index is -0.614. The number of hydrogen-bond acceptors (Lipinski definition) is 3. The van der Waals surface area contributed by atoms with Crippen molar-refractivity contribution in [2.45, 2.75) is 64.3 Å². The van der Waals surface area contributed by atoms with Crippen LogP contribution >= 0.6 is 0 Å². The number of ether oxygens (including phenoxy) is 2. The maximum absolute atomic E-state index is 12.7. The second-order valence-corrected chi connectivity index (χ2v) is 8.09. The smallest absolute Gasteiger partial charge is 0.412 e. The third-order valence-electron chi connectivity index (χ3n) is 4.67. The fourth-order valence-corrected chi connectivity index (χ4v) is 3.54. The summed E-state index contributed by atoms with van der Waals surface area (Å²) < 4.78 is 11.5. The van der Waals surface area contributed by atoms with E-state index in [1.165, 1.54) is 5.56 Å². The second kappa shape index (κ2) is 5.52. The summed E-state index contributed by atoms with van der Waals surface area (Å²) in [5, 5.41) is 0. The molecule has 1 aromatic carbocycles. The Labute approximate surface area is 138 Å². The highest BCUT2D eigenvalue weighted by Gasteiger charge is 2.55. The number of carbonyl (C=O) groups excluding carboxylic acids is 1. The standard InChI is InChI=1S/C19H27NO3/c1-18(2,3)23-17(21)20-16(12-22-19(20,4)5)15-11-14(15)13-9-7-6-8-10-13/h6-10,14-16H,11-12H2,1-5H3. The molecule has 2 fully saturated rings. The average molecular weight is 317 g/mol. The van der Waals surface area contributed by atoms with Crippen LogP contribution in [0.4, 0.5) is 4.79 Å². The Bertz CT molecular complexity index is 576. The van der Waals surface area contributed by atoms with E-state index < -0.39 is 11.3 Å². The Hall–Kier alpha value is -1.55. The highest BCUT2D eigenvalue weighted by atomic mass is 16.6. The molecule has 0 spiro atoms. The summed E-state index contributed by atoms with van der Waals surface area (Å²) in [6, 6.07) is 10.6. The Morgan fingerprint density at radius 1 is 1.26 bits per heavy atom. The normalized spacial score (nSPS) is 29.4. The van der Waals surface area contributed by atoms with Crippen LogP contribution in [0.25, 0.3) is 0 Å². The van der Waals surface area contributed by atoms with Crippen LogP contribution < -0.4 is 0 Å². The van der Waals surface area contributed by atoms with Crippen molar-refractivity contribution in [3.63, 3.8) is 0 Å². The number of hydrogen-bond donors (Lipinski definition) is 0. The van der Waals surface area contributed by atoms with Gasteiger partial charge in [-0.15, -0.1) is 0 Å². The lowest BCUT2D eigenvalue weighted by molar-refractivity contribution is -0.0632. The summed E-state index contributed by atoms with van der Waals surface area (Å²) >= 11 is 0. The predicted molar refractivity (Wildman–Crippen MR) is 89.2 cm³/mol. The van der Waals surface area contributed by atoms with E-state index in [2.05, 4.69) is 24.3 Å². The van der Waals surface area contributed by atoms with Gasteiger partial charge in [-0.2, -0.15) is 0 Å². The first-order valence-corrected chi connectivity index (χ1v) is 8.40. The fraction of sp³-hybridized carbons (Fsp3) is 0.632. The Kier molecular flexibility index (Phi) is 3.91. The molecule has 3 unspecified atom stereocenters. The molecule has 1 saturated heterocycles. The van der Waals surface area contributed by atoms with Gasteiger partial charge in [0.05, 0.1) is 12.6 Å². The van der Waals surface area contributed by atoms with E-state index in [-0.39, 0.29) is 12.1 Å².